The number of hydrogen-bond acceptors (Lipinski definition) is 3. The smallest absolute Gasteiger partial charge is 0.237 e. The second-order valence-electron chi connectivity index (χ2n) is 5.77. The monoisotopic (exact) mass is 282 g/mol. The molecule has 0 radical (unpaired) electrons. The number of carbonyl (C=O) groups is 1. The number of fused-ring (bicyclic) bond motifs is 2. The van der Waals surface area contributed by atoms with E-state index in [1.165, 1.54) is 0 Å². The summed E-state index contributed by atoms with van der Waals surface area (Å²) in [6.07, 6.45) is 0.668. The lowest BCUT2D eigenvalue weighted by molar-refractivity contribution is -0.122. The van der Waals surface area contributed by atoms with Crippen molar-refractivity contribution in [2.75, 3.05) is 17.2 Å². The average Bonchev–Trinajstić information content (AvgIpc) is 2.87. The van der Waals surface area contributed by atoms with Gasteiger partial charge in [0.1, 0.15) is 0 Å². The van der Waals surface area contributed by atoms with Crippen molar-refractivity contribution in [3.8, 4) is 11.8 Å². The molecule has 0 atom stereocenters. The minimum absolute atomic E-state index is 0.107. The van der Waals surface area contributed by atoms with Gasteiger partial charge < -0.3 is 15.6 Å². The zero-order chi connectivity index (χ0) is 15.2. The number of aromatic nitrogens is 2. The van der Waals surface area contributed by atoms with Gasteiger partial charge in [0.25, 0.3) is 0 Å². The van der Waals surface area contributed by atoms with Crippen LogP contribution in [0.15, 0.2) is 12.1 Å². The maximum absolute atomic E-state index is 12.7. The summed E-state index contributed by atoms with van der Waals surface area (Å²) in [6, 6.07) is 3.92. The van der Waals surface area contributed by atoms with Gasteiger partial charge in [0.2, 0.25) is 5.91 Å². The molecule has 5 heteroatoms. The van der Waals surface area contributed by atoms with Crippen LogP contribution < -0.4 is 10.6 Å². The Balaban J connectivity index is 2.12. The van der Waals surface area contributed by atoms with E-state index < -0.39 is 5.41 Å². The van der Waals surface area contributed by atoms with Gasteiger partial charge in [-0.05, 0) is 38.5 Å². The lowest BCUT2D eigenvalue weighted by atomic mass is 9.86. The summed E-state index contributed by atoms with van der Waals surface area (Å²) in [5.41, 5.74) is 8.74. The number of aromatic amines is 1. The molecule has 108 valence electrons. The van der Waals surface area contributed by atoms with Crippen molar-refractivity contribution in [2.24, 2.45) is 0 Å². The van der Waals surface area contributed by atoms with Crippen LogP contribution in [0.4, 0.5) is 11.6 Å². The van der Waals surface area contributed by atoms with E-state index in [9.17, 15) is 4.79 Å². The van der Waals surface area contributed by atoms with Gasteiger partial charge >= 0.3 is 0 Å². The molecule has 1 aromatic carbocycles. The average molecular weight is 282 g/mol. The van der Waals surface area contributed by atoms with E-state index in [2.05, 4.69) is 21.8 Å². The molecule has 0 fully saturated rings. The van der Waals surface area contributed by atoms with E-state index in [0.717, 1.165) is 22.3 Å². The Morgan fingerprint density at radius 3 is 2.90 bits per heavy atom. The predicted molar refractivity (Wildman–Crippen MR) is 84.0 cm³/mol. The molecule has 1 aromatic heterocycles. The predicted octanol–water partition coefficient (Wildman–Crippen LogP) is 2.18. The molecule has 3 rings (SSSR count). The largest absolute Gasteiger partial charge is 0.369 e. The molecular formula is C16H18N4O. The van der Waals surface area contributed by atoms with Crippen molar-refractivity contribution in [2.45, 2.75) is 32.6 Å². The van der Waals surface area contributed by atoms with Crippen LogP contribution in [-0.4, -0.2) is 22.4 Å². The van der Waals surface area contributed by atoms with Gasteiger partial charge in [0.05, 0.1) is 22.1 Å². The van der Waals surface area contributed by atoms with E-state index in [4.69, 9.17) is 5.73 Å². The Morgan fingerprint density at radius 2 is 2.19 bits per heavy atom. The number of H-pyrrole nitrogens is 1. The number of benzene rings is 1. The van der Waals surface area contributed by atoms with Crippen molar-refractivity contribution < 1.29 is 4.79 Å². The highest BCUT2D eigenvalue weighted by Gasteiger charge is 2.43. The van der Waals surface area contributed by atoms with Crippen LogP contribution in [0.1, 0.15) is 32.8 Å². The third kappa shape index (κ3) is 1.95. The molecule has 0 saturated carbocycles. The topological polar surface area (TPSA) is 75.0 Å². The third-order valence-corrected chi connectivity index (χ3v) is 4.00. The molecule has 1 aliphatic rings. The Labute approximate surface area is 123 Å². The summed E-state index contributed by atoms with van der Waals surface area (Å²) in [6.45, 7) is 6.30. The number of nitrogens with zero attached hydrogens (tertiary/aromatic N) is 2. The Morgan fingerprint density at radius 1 is 1.43 bits per heavy atom. The lowest BCUT2D eigenvalue weighted by Gasteiger charge is -2.19. The van der Waals surface area contributed by atoms with Crippen LogP contribution in [0.3, 0.4) is 0 Å². The van der Waals surface area contributed by atoms with Gasteiger partial charge in [-0.1, -0.05) is 0 Å². The molecule has 3 N–H and O–H groups in total. The second-order valence-corrected chi connectivity index (χ2v) is 5.77. The molecule has 2 heterocycles. The number of amides is 1. The summed E-state index contributed by atoms with van der Waals surface area (Å²) in [7, 11) is 0. The van der Waals surface area contributed by atoms with Gasteiger partial charge in [0.15, 0.2) is 5.95 Å². The molecule has 5 nitrogen and oxygen atoms in total. The first kappa shape index (κ1) is 13.5. The molecule has 0 bridgehead atoms. The van der Waals surface area contributed by atoms with Crippen molar-refractivity contribution >= 4 is 28.6 Å². The van der Waals surface area contributed by atoms with E-state index in [1.54, 1.807) is 6.92 Å². The first-order valence-electron chi connectivity index (χ1n) is 6.96. The number of nitrogens with one attached hydrogen (secondary N) is 1. The van der Waals surface area contributed by atoms with Gasteiger partial charge in [-0.25, -0.2) is 4.98 Å². The molecule has 1 amide bonds. The quantitative estimate of drug-likeness (QED) is 0.829. The van der Waals surface area contributed by atoms with Gasteiger partial charge in [-0.15, -0.1) is 11.8 Å². The Bertz CT molecular complexity index is 792. The van der Waals surface area contributed by atoms with Crippen molar-refractivity contribution in [1.82, 2.24) is 9.97 Å². The van der Waals surface area contributed by atoms with Crippen molar-refractivity contribution in [1.29, 1.82) is 0 Å². The van der Waals surface area contributed by atoms with Crippen LogP contribution in [-0.2, 0) is 10.2 Å². The zero-order valence-corrected chi connectivity index (χ0v) is 12.4. The first-order chi connectivity index (χ1) is 9.95. The number of imidazole rings is 1. The summed E-state index contributed by atoms with van der Waals surface area (Å²) in [4.78, 5) is 21.8. The number of carbonyl (C=O) groups excluding carboxylic acids is 1. The van der Waals surface area contributed by atoms with Crippen LogP contribution in [0.2, 0.25) is 0 Å². The molecule has 2 aromatic rings. The van der Waals surface area contributed by atoms with E-state index in [1.807, 2.05) is 30.9 Å². The number of rotatable bonds is 2. The highest BCUT2D eigenvalue weighted by atomic mass is 16.2. The number of anilines is 2. The van der Waals surface area contributed by atoms with E-state index in [-0.39, 0.29) is 5.91 Å². The number of nitrogens with two attached hydrogens (primary N) is 1. The molecular weight excluding hydrogens is 264 g/mol. The Kier molecular flexibility index (Phi) is 2.91. The fraction of sp³-hybridized carbons (Fsp3) is 0.375. The molecule has 0 aliphatic carbocycles. The summed E-state index contributed by atoms with van der Waals surface area (Å²) >= 11 is 0. The summed E-state index contributed by atoms with van der Waals surface area (Å²) < 4.78 is 0. The maximum atomic E-state index is 12.7. The van der Waals surface area contributed by atoms with Gasteiger partial charge in [-0.3, -0.25) is 4.79 Å². The minimum atomic E-state index is -0.545. The van der Waals surface area contributed by atoms with Crippen LogP contribution in [0.5, 0.6) is 0 Å². The molecule has 21 heavy (non-hydrogen) atoms. The first-order valence-corrected chi connectivity index (χ1v) is 6.96. The fourth-order valence-corrected chi connectivity index (χ4v) is 2.87. The van der Waals surface area contributed by atoms with Crippen LogP contribution >= 0.6 is 0 Å². The summed E-state index contributed by atoms with van der Waals surface area (Å²) in [5, 5.41) is 0. The highest BCUT2D eigenvalue weighted by molar-refractivity contribution is 6.09. The fourth-order valence-electron chi connectivity index (χ4n) is 2.87. The SMILES string of the molecule is CC#CCCN1C(=O)C(C)(C)c2cc3nc(N)[nH]c3cc21. The molecule has 0 spiro atoms. The van der Waals surface area contributed by atoms with Gasteiger partial charge in [0, 0.05) is 13.0 Å². The molecule has 0 saturated heterocycles. The molecule has 1 aliphatic heterocycles. The normalized spacial score (nSPS) is 16.0. The van der Waals surface area contributed by atoms with Crippen LogP contribution in [0, 0.1) is 11.8 Å². The number of hydrogen-bond donors (Lipinski definition) is 2. The summed E-state index contributed by atoms with van der Waals surface area (Å²) in [5.74, 6) is 6.37. The second kappa shape index (κ2) is 4.52. The van der Waals surface area contributed by atoms with Gasteiger partial charge in [-0.2, -0.15) is 0 Å². The minimum Gasteiger partial charge on any atom is -0.369 e. The lowest BCUT2D eigenvalue weighted by Crippen LogP contribution is -2.36. The van der Waals surface area contributed by atoms with Crippen LogP contribution in [0.25, 0.3) is 11.0 Å². The standard InChI is InChI=1S/C16H18N4O/c1-4-5-6-7-20-13-9-12-11(18-15(17)19-12)8-10(13)16(2,3)14(20)21/h8-9H,6-7H2,1-3H3,(H3,17,18,19). The van der Waals surface area contributed by atoms with E-state index in [0.29, 0.717) is 18.9 Å². The maximum Gasteiger partial charge on any atom is 0.237 e. The Hall–Kier alpha value is -2.48. The third-order valence-electron chi connectivity index (χ3n) is 4.00. The number of nitrogen functional groups attached to an aromatic ring is 1. The van der Waals surface area contributed by atoms with E-state index >= 15 is 0 Å². The zero-order valence-electron chi connectivity index (χ0n) is 12.4. The van der Waals surface area contributed by atoms with Crippen molar-refractivity contribution in [3.05, 3.63) is 17.7 Å². The van der Waals surface area contributed by atoms with Crippen molar-refractivity contribution in [3.63, 3.8) is 0 Å². The molecule has 0 unspecified atom stereocenters. The highest BCUT2D eigenvalue weighted by Crippen LogP contribution is 2.43.